The average Bonchev–Trinajstić information content (AvgIpc) is 3.00. The lowest BCUT2D eigenvalue weighted by molar-refractivity contribution is -0.289. The third-order valence-electron chi connectivity index (χ3n) is 4.31. The highest BCUT2D eigenvalue weighted by atomic mass is 32.2. The molecule has 0 rings (SSSR count). The molecule has 0 heterocycles. The van der Waals surface area contributed by atoms with Crippen LogP contribution in [-0.4, -0.2) is 135 Å². The van der Waals surface area contributed by atoms with Crippen molar-refractivity contribution in [2.75, 3.05) is 113 Å². The van der Waals surface area contributed by atoms with E-state index in [4.69, 9.17) is 39.2 Å². The van der Waals surface area contributed by atoms with Crippen LogP contribution in [0, 0.1) is 0 Å². The van der Waals surface area contributed by atoms with E-state index in [1.54, 1.807) is 58.8 Å². The molecule has 10 nitrogen and oxygen atoms in total. The molecule has 0 fully saturated rings. The first-order valence-electron chi connectivity index (χ1n) is 13.8. The summed E-state index contributed by atoms with van der Waals surface area (Å²) in [5.74, 6) is 6.83. The molecule has 0 aliphatic carbocycles. The second kappa shape index (κ2) is 39.7. The SMILES string of the molecule is O=C(CCSCSCCCOOCSCSCOC(=O)CCSCSCCCOOCCSCCO)OCCSCCO. The monoisotopic (exact) mass is 764 g/mol. The van der Waals surface area contributed by atoms with Crippen LogP contribution >= 0.6 is 94.1 Å². The van der Waals surface area contributed by atoms with Gasteiger partial charge < -0.3 is 19.7 Å². The summed E-state index contributed by atoms with van der Waals surface area (Å²) in [5, 5.41) is 20.0. The van der Waals surface area contributed by atoms with E-state index in [9.17, 15) is 9.59 Å². The fourth-order valence-electron chi connectivity index (χ4n) is 2.37. The number of hydrogen-bond donors (Lipinski definition) is 2. The standard InChI is InChI=1S/C25H48O10S8/c26-5-15-36-17-9-30-24(28)3-13-40-21-39-12-2-8-33-35-20-43-23-42-19-31-25(29)4-14-41-22-38-11-1-7-32-34-10-18-37-16-6-27/h26-27H,1-23H2. The van der Waals surface area contributed by atoms with Gasteiger partial charge in [-0.2, -0.15) is 70.6 Å². The molecule has 0 aliphatic heterocycles. The maximum atomic E-state index is 11.8. The minimum absolute atomic E-state index is 0.151. The number of esters is 2. The quantitative estimate of drug-likeness (QED) is 0.0286. The molecular weight excluding hydrogens is 717 g/mol. The highest BCUT2D eigenvalue weighted by Crippen LogP contribution is 2.17. The molecule has 0 spiro atoms. The van der Waals surface area contributed by atoms with Gasteiger partial charge in [0, 0.05) is 49.8 Å². The predicted molar refractivity (Wildman–Crippen MR) is 193 cm³/mol. The number of aliphatic hydroxyl groups excluding tert-OH is 2. The van der Waals surface area contributed by atoms with Crippen molar-refractivity contribution in [2.24, 2.45) is 0 Å². The Morgan fingerprint density at radius 2 is 0.930 bits per heavy atom. The van der Waals surface area contributed by atoms with Crippen molar-refractivity contribution in [2.45, 2.75) is 25.7 Å². The lowest BCUT2D eigenvalue weighted by atomic mass is 10.5. The maximum Gasteiger partial charge on any atom is 0.307 e. The Bertz CT molecular complexity index is 602. The second-order valence-electron chi connectivity index (χ2n) is 7.83. The van der Waals surface area contributed by atoms with Crippen LogP contribution in [0.5, 0.6) is 0 Å². The normalized spacial score (nSPS) is 11.2. The van der Waals surface area contributed by atoms with Crippen LogP contribution in [0.25, 0.3) is 0 Å². The van der Waals surface area contributed by atoms with Crippen LogP contribution in [0.15, 0.2) is 0 Å². The highest BCUT2D eigenvalue weighted by molar-refractivity contribution is 8.16. The van der Waals surface area contributed by atoms with E-state index in [-0.39, 0.29) is 25.2 Å². The van der Waals surface area contributed by atoms with Gasteiger partial charge in [0.2, 0.25) is 0 Å². The summed E-state index contributed by atoms with van der Waals surface area (Å²) in [5.41, 5.74) is 0. The molecule has 18 heteroatoms. The molecule has 0 bridgehead atoms. The molecule has 0 saturated heterocycles. The van der Waals surface area contributed by atoms with Gasteiger partial charge >= 0.3 is 11.9 Å². The van der Waals surface area contributed by atoms with Crippen molar-refractivity contribution in [1.29, 1.82) is 0 Å². The molecule has 2 N–H and O–H groups in total. The molecule has 43 heavy (non-hydrogen) atoms. The second-order valence-corrected chi connectivity index (χ2v) is 17.7. The summed E-state index contributed by atoms with van der Waals surface area (Å²) in [6, 6.07) is 0. The Balaban J connectivity index is 3.19. The lowest BCUT2D eigenvalue weighted by Gasteiger charge is -2.06. The van der Waals surface area contributed by atoms with Crippen molar-refractivity contribution in [1.82, 2.24) is 0 Å². The van der Waals surface area contributed by atoms with E-state index in [1.807, 2.05) is 23.5 Å². The number of hydrogen-bond acceptors (Lipinski definition) is 18. The maximum absolute atomic E-state index is 11.8. The van der Waals surface area contributed by atoms with Crippen LogP contribution in [0.4, 0.5) is 0 Å². The fraction of sp³-hybridized carbons (Fsp3) is 0.920. The van der Waals surface area contributed by atoms with Gasteiger partial charge in [-0.15, -0.1) is 23.5 Å². The van der Waals surface area contributed by atoms with Crippen molar-refractivity contribution >= 4 is 106 Å². The third-order valence-corrected chi connectivity index (χ3v) is 12.8. The van der Waals surface area contributed by atoms with Crippen LogP contribution in [0.1, 0.15) is 25.7 Å². The minimum Gasteiger partial charge on any atom is -0.465 e. The van der Waals surface area contributed by atoms with Gasteiger partial charge in [0.05, 0.1) is 45.9 Å². The van der Waals surface area contributed by atoms with Crippen molar-refractivity contribution in [3.05, 3.63) is 0 Å². The lowest BCUT2D eigenvalue weighted by Crippen LogP contribution is -2.08. The Kier molecular flexibility index (Phi) is 41.1. The Morgan fingerprint density at radius 3 is 1.56 bits per heavy atom. The molecular formula is C25H48O10S8. The number of carbonyl (C=O) groups excluding carboxylic acids is 2. The van der Waals surface area contributed by atoms with E-state index in [0.717, 1.165) is 68.4 Å². The first-order valence-corrected chi connectivity index (χ1v) is 23.1. The number of ether oxygens (including phenoxy) is 2. The highest BCUT2D eigenvalue weighted by Gasteiger charge is 2.04. The molecule has 0 aromatic carbocycles. The van der Waals surface area contributed by atoms with E-state index in [1.165, 1.54) is 11.8 Å². The largest absolute Gasteiger partial charge is 0.465 e. The van der Waals surface area contributed by atoms with Crippen LogP contribution < -0.4 is 0 Å². The zero-order chi connectivity index (χ0) is 31.3. The summed E-state index contributed by atoms with van der Waals surface area (Å²) >= 11 is 13.4. The summed E-state index contributed by atoms with van der Waals surface area (Å²) in [4.78, 5) is 43.9. The van der Waals surface area contributed by atoms with Gasteiger partial charge in [0.1, 0.15) is 18.5 Å². The van der Waals surface area contributed by atoms with Crippen molar-refractivity contribution in [3.63, 3.8) is 0 Å². The van der Waals surface area contributed by atoms with Gasteiger partial charge in [0.15, 0.2) is 0 Å². The third kappa shape index (κ3) is 39.6. The molecule has 0 aromatic rings. The number of thioether (sulfide) groups is 8. The summed E-state index contributed by atoms with van der Waals surface area (Å²) in [6.07, 6.45) is 2.65. The zero-order valence-electron chi connectivity index (χ0n) is 24.7. The van der Waals surface area contributed by atoms with Crippen LogP contribution in [0.3, 0.4) is 0 Å². The molecule has 0 unspecified atom stereocenters. The zero-order valence-corrected chi connectivity index (χ0v) is 31.2. The van der Waals surface area contributed by atoms with Gasteiger partial charge in [-0.1, -0.05) is 0 Å². The molecule has 256 valence electrons. The number of aliphatic hydroxyl groups is 2. The first kappa shape index (κ1) is 44.5. The van der Waals surface area contributed by atoms with Crippen LogP contribution in [-0.2, 0) is 38.6 Å². The molecule has 0 saturated carbocycles. The van der Waals surface area contributed by atoms with Crippen molar-refractivity contribution < 1.29 is 48.8 Å². The van der Waals surface area contributed by atoms with E-state index >= 15 is 0 Å². The van der Waals surface area contributed by atoms with E-state index in [0.29, 0.717) is 56.9 Å². The predicted octanol–water partition coefficient (Wildman–Crippen LogP) is 5.17. The Hall–Kier alpha value is 1.50. The van der Waals surface area contributed by atoms with Gasteiger partial charge in [-0.05, 0) is 24.3 Å². The first-order chi connectivity index (χ1) is 21.2. The summed E-state index contributed by atoms with van der Waals surface area (Å²) in [7, 11) is 0. The minimum atomic E-state index is -0.170. The van der Waals surface area contributed by atoms with Crippen molar-refractivity contribution in [3.8, 4) is 0 Å². The molecule has 0 radical (unpaired) electrons. The molecule has 0 aromatic heterocycles. The number of carbonyl (C=O) groups is 2. The van der Waals surface area contributed by atoms with E-state index < -0.39 is 0 Å². The van der Waals surface area contributed by atoms with Gasteiger partial charge in [-0.3, -0.25) is 9.59 Å². The average molecular weight is 765 g/mol. The van der Waals surface area contributed by atoms with Gasteiger partial charge in [0.25, 0.3) is 0 Å². The topological polar surface area (TPSA) is 130 Å². The molecule has 0 amide bonds. The smallest absolute Gasteiger partial charge is 0.307 e. The summed E-state index contributed by atoms with van der Waals surface area (Å²) in [6.45, 7) is 2.39. The molecule has 0 atom stereocenters. The van der Waals surface area contributed by atoms with Gasteiger partial charge in [-0.25, -0.2) is 19.6 Å². The number of rotatable bonds is 36. The van der Waals surface area contributed by atoms with Crippen LogP contribution in [0.2, 0.25) is 0 Å². The Labute approximate surface area is 291 Å². The Morgan fingerprint density at radius 1 is 0.442 bits per heavy atom. The summed E-state index contributed by atoms with van der Waals surface area (Å²) < 4.78 is 10.4. The van der Waals surface area contributed by atoms with E-state index in [2.05, 4.69) is 0 Å². The molecule has 0 aliphatic rings. The fourth-order valence-corrected chi connectivity index (χ4v) is 8.88.